The molecule has 2 N–H and O–H groups in total. The van der Waals surface area contributed by atoms with Crippen molar-refractivity contribution in [1.82, 2.24) is 0 Å². The molecule has 0 saturated carbocycles. The summed E-state index contributed by atoms with van der Waals surface area (Å²) in [5.41, 5.74) is 2.49. The Bertz CT molecular complexity index is 914. The number of carbonyl (C=O) groups is 1. The van der Waals surface area contributed by atoms with Crippen molar-refractivity contribution in [2.75, 3.05) is 10.6 Å². The molecule has 1 aromatic heterocycles. The van der Waals surface area contributed by atoms with Gasteiger partial charge in [-0.25, -0.2) is 4.39 Å². The van der Waals surface area contributed by atoms with Gasteiger partial charge in [-0.05, 0) is 70.6 Å². The summed E-state index contributed by atoms with van der Waals surface area (Å²) in [6.07, 6.45) is 0.204. The second-order valence-corrected chi connectivity index (χ2v) is 8.57. The molecule has 0 saturated heterocycles. The summed E-state index contributed by atoms with van der Waals surface area (Å²) in [5.74, 6) is -0.444. The lowest BCUT2D eigenvalue weighted by atomic mass is 10.1. The highest BCUT2D eigenvalue weighted by atomic mass is 127. The van der Waals surface area contributed by atoms with Gasteiger partial charge in [-0.1, -0.05) is 23.7 Å². The van der Waals surface area contributed by atoms with E-state index >= 15 is 0 Å². The van der Waals surface area contributed by atoms with Crippen LogP contribution in [0.2, 0.25) is 4.34 Å². The standard InChI is InChI=1S/C19H15ClFIN2OS/c20-18-8-6-15(26-18)11-23-14-5-7-17(16(22)10-14)24-19(25)9-12-1-3-13(21)4-2-12/h1-8,10,23H,9,11H2,(H,24,25). The molecule has 0 radical (unpaired) electrons. The van der Waals surface area contributed by atoms with Crippen LogP contribution in [-0.2, 0) is 17.8 Å². The number of anilines is 2. The Morgan fingerprint density at radius 3 is 2.54 bits per heavy atom. The van der Waals surface area contributed by atoms with Crippen molar-refractivity contribution in [2.45, 2.75) is 13.0 Å². The maximum Gasteiger partial charge on any atom is 0.228 e. The van der Waals surface area contributed by atoms with E-state index in [1.54, 1.807) is 23.5 Å². The summed E-state index contributed by atoms with van der Waals surface area (Å²) in [4.78, 5) is 13.3. The van der Waals surface area contributed by atoms with Crippen molar-refractivity contribution in [2.24, 2.45) is 0 Å². The Labute approximate surface area is 173 Å². The SMILES string of the molecule is O=C(Cc1ccc(F)cc1)Nc1ccc(NCc2ccc(Cl)s2)cc1I. The largest absolute Gasteiger partial charge is 0.380 e. The number of hydrogen-bond acceptors (Lipinski definition) is 3. The summed E-state index contributed by atoms with van der Waals surface area (Å²) < 4.78 is 14.6. The number of rotatable bonds is 6. The number of nitrogens with one attached hydrogen (secondary N) is 2. The van der Waals surface area contributed by atoms with E-state index in [4.69, 9.17) is 11.6 Å². The number of thiophene rings is 1. The van der Waals surface area contributed by atoms with Crippen molar-refractivity contribution < 1.29 is 9.18 Å². The van der Waals surface area contributed by atoms with Gasteiger partial charge in [0.2, 0.25) is 5.91 Å². The van der Waals surface area contributed by atoms with Gasteiger partial charge < -0.3 is 10.6 Å². The van der Waals surface area contributed by atoms with Gasteiger partial charge in [-0.15, -0.1) is 11.3 Å². The normalized spacial score (nSPS) is 10.6. The van der Waals surface area contributed by atoms with Gasteiger partial charge in [0, 0.05) is 20.7 Å². The Morgan fingerprint density at radius 2 is 1.88 bits per heavy atom. The zero-order chi connectivity index (χ0) is 18.5. The molecule has 3 rings (SSSR count). The molecule has 0 aliphatic rings. The molecule has 0 aliphatic heterocycles. The third kappa shape index (κ3) is 5.43. The van der Waals surface area contributed by atoms with Crippen LogP contribution in [0.3, 0.4) is 0 Å². The van der Waals surface area contributed by atoms with Crippen LogP contribution >= 0.6 is 45.5 Å². The van der Waals surface area contributed by atoms with Gasteiger partial charge in [0.05, 0.1) is 16.4 Å². The van der Waals surface area contributed by atoms with E-state index < -0.39 is 0 Å². The van der Waals surface area contributed by atoms with Crippen LogP contribution in [0.25, 0.3) is 0 Å². The van der Waals surface area contributed by atoms with Gasteiger partial charge in [0.1, 0.15) is 5.82 Å². The fourth-order valence-electron chi connectivity index (χ4n) is 2.34. The van der Waals surface area contributed by atoms with E-state index in [1.165, 1.54) is 12.1 Å². The summed E-state index contributed by atoms with van der Waals surface area (Å²) in [7, 11) is 0. The molecule has 0 atom stereocenters. The molecule has 2 aromatic carbocycles. The second kappa shape index (κ2) is 8.83. The predicted molar refractivity (Wildman–Crippen MR) is 115 cm³/mol. The van der Waals surface area contributed by atoms with Crippen molar-refractivity contribution in [3.63, 3.8) is 0 Å². The number of carbonyl (C=O) groups excluding carboxylic acids is 1. The fraction of sp³-hybridized carbons (Fsp3) is 0.105. The van der Waals surface area contributed by atoms with E-state index in [-0.39, 0.29) is 18.1 Å². The van der Waals surface area contributed by atoms with Gasteiger partial charge in [0.25, 0.3) is 0 Å². The molecule has 0 bridgehead atoms. The smallest absolute Gasteiger partial charge is 0.228 e. The van der Waals surface area contributed by atoms with Gasteiger partial charge >= 0.3 is 0 Å². The molecule has 26 heavy (non-hydrogen) atoms. The fourth-order valence-corrected chi connectivity index (χ4v) is 4.02. The highest BCUT2D eigenvalue weighted by molar-refractivity contribution is 14.1. The van der Waals surface area contributed by atoms with Crippen molar-refractivity contribution in [1.29, 1.82) is 0 Å². The van der Waals surface area contributed by atoms with Crippen LogP contribution in [0.4, 0.5) is 15.8 Å². The summed E-state index contributed by atoms with van der Waals surface area (Å²) >= 11 is 9.67. The number of benzene rings is 2. The van der Waals surface area contributed by atoms with Crippen molar-refractivity contribution in [3.8, 4) is 0 Å². The molecule has 0 spiro atoms. The van der Waals surface area contributed by atoms with Crippen molar-refractivity contribution in [3.05, 3.63) is 78.8 Å². The zero-order valence-corrected chi connectivity index (χ0v) is 17.3. The number of hydrogen-bond donors (Lipinski definition) is 2. The lowest BCUT2D eigenvalue weighted by Crippen LogP contribution is -2.15. The zero-order valence-electron chi connectivity index (χ0n) is 13.6. The quantitative estimate of drug-likeness (QED) is 0.411. The average Bonchev–Trinajstić information content (AvgIpc) is 3.03. The summed E-state index contributed by atoms with van der Waals surface area (Å²) in [6, 6.07) is 15.6. The molecule has 0 unspecified atom stereocenters. The van der Waals surface area contributed by atoms with E-state index in [1.807, 2.05) is 30.3 Å². The first-order chi connectivity index (χ1) is 12.5. The molecule has 7 heteroatoms. The minimum atomic E-state index is -0.309. The highest BCUT2D eigenvalue weighted by Gasteiger charge is 2.08. The minimum Gasteiger partial charge on any atom is -0.380 e. The Kier molecular flexibility index (Phi) is 6.50. The summed E-state index contributed by atoms with van der Waals surface area (Å²) in [6.45, 7) is 0.698. The van der Waals surface area contributed by atoms with E-state index in [0.29, 0.717) is 6.54 Å². The topological polar surface area (TPSA) is 41.1 Å². The van der Waals surface area contributed by atoms with Crippen LogP contribution in [0.1, 0.15) is 10.4 Å². The first-order valence-corrected chi connectivity index (χ1v) is 10.1. The van der Waals surface area contributed by atoms with Gasteiger partial charge in [-0.2, -0.15) is 0 Å². The predicted octanol–water partition coefficient (Wildman–Crippen LogP) is 5.94. The monoisotopic (exact) mass is 500 g/mol. The number of amides is 1. The molecule has 3 nitrogen and oxygen atoms in total. The maximum absolute atomic E-state index is 12.9. The maximum atomic E-state index is 12.9. The Balaban J connectivity index is 1.58. The molecular weight excluding hydrogens is 486 g/mol. The van der Waals surface area contributed by atoms with E-state index in [0.717, 1.165) is 29.7 Å². The van der Waals surface area contributed by atoms with Crippen LogP contribution in [-0.4, -0.2) is 5.91 Å². The molecule has 3 aromatic rings. The molecule has 1 amide bonds. The lowest BCUT2D eigenvalue weighted by Gasteiger charge is -2.11. The number of halogens is 3. The first kappa shape index (κ1) is 19.1. The van der Waals surface area contributed by atoms with Crippen LogP contribution in [0.15, 0.2) is 54.6 Å². The molecular formula is C19H15ClFIN2OS. The van der Waals surface area contributed by atoms with Crippen LogP contribution in [0.5, 0.6) is 0 Å². The molecule has 134 valence electrons. The average molecular weight is 501 g/mol. The third-order valence-corrected chi connectivity index (χ3v) is 5.74. The molecule has 1 heterocycles. The third-order valence-electron chi connectivity index (χ3n) is 3.62. The summed E-state index contributed by atoms with van der Waals surface area (Å²) in [5, 5.41) is 6.23. The first-order valence-electron chi connectivity index (χ1n) is 7.81. The Hall–Kier alpha value is -1.64. The highest BCUT2D eigenvalue weighted by Crippen LogP contribution is 2.25. The second-order valence-electron chi connectivity index (χ2n) is 5.61. The van der Waals surface area contributed by atoms with Gasteiger partial charge in [-0.3, -0.25) is 4.79 Å². The van der Waals surface area contributed by atoms with Crippen LogP contribution in [0, 0.1) is 9.39 Å². The minimum absolute atomic E-state index is 0.136. The van der Waals surface area contributed by atoms with E-state index in [2.05, 4.69) is 33.2 Å². The van der Waals surface area contributed by atoms with Crippen LogP contribution < -0.4 is 10.6 Å². The van der Waals surface area contributed by atoms with Crippen molar-refractivity contribution >= 4 is 62.8 Å². The molecule has 0 aliphatic carbocycles. The van der Waals surface area contributed by atoms with E-state index in [9.17, 15) is 9.18 Å². The lowest BCUT2D eigenvalue weighted by molar-refractivity contribution is -0.115. The molecule has 0 fully saturated rings. The van der Waals surface area contributed by atoms with Gasteiger partial charge in [0.15, 0.2) is 0 Å². The Morgan fingerprint density at radius 1 is 1.12 bits per heavy atom.